The number of thiophene rings is 1. The lowest BCUT2D eigenvalue weighted by Gasteiger charge is -1.92. The van der Waals surface area contributed by atoms with E-state index in [0.29, 0.717) is 5.00 Å². The van der Waals surface area contributed by atoms with E-state index in [-0.39, 0.29) is 5.69 Å². The highest BCUT2D eigenvalue weighted by molar-refractivity contribution is 7.12. The van der Waals surface area contributed by atoms with Crippen LogP contribution >= 0.6 is 11.3 Å². The average molecular weight is 225 g/mol. The lowest BCUT2D eigenvalue weighted by atomic mass is 10.5. The predicted octanol–water partition coefficient (Wildman–Crippen LogP) is 0.409. The number of methoxy groups -OCH3 is 1. The molecule has 0 radical (unpaired) electrons. The minimum atomic E-state index is -0.744. The molecular weight excluding hydrogens is 218 g/mol. The number of hydrogen-bond acceptors (Lipinski definition) is 5. The second-order valence-electron chi connectivity index (χ2n) is 2.64. The lowest BCUT2D eigenvalue weighted by molar-refractivity contribution is 0.0592. The Balaban J connectivity index is 2.50. The zero-order valence-corrected chi connectivity index (χ0v) is 8.58. The van der Waals surface area contributed by atoms with Crippen molar-refractivity contribution in [3.05, 3.63) is 33.6 Å². The van der Waals surface area contributed by atoms with Crippen LogP contribution in [0.15, 0.2) is 22.3 Å². The predicted molar refractivity (Wildman–Crippen MR) is 53.4 cm³/mol. The van der Waals surface area contributed by atoms with Gasteiger partial charge in [-0.1, -0.05) is 0 Å². The molecule has 0 fully saturated rings. The van der Waals surface area contributed by atoms with Crippen molar-refractivity contribution in [2.45, 2.75) is 0 Å². The van der Waals surface area contributed by atoms with E-state index in [4.69, 9.17) is 0 Å². The van der Waals surface area contributed by atoms with Gasteiger partial charge in [-0.25, -0.2) is 10.0 Å². The number of ether oxygens (including phenoxy) is 1. The van der Waals surface area contributed by atoms with Gasteiger partial charge in [0, 0.05) is 0 Å². The first-order valence-electron chi connectivity index (χ1n) is 4.03. The van der Waals surface area contributed by atoms with Crippen molar-refractivity contribution in [3.8, 4) is 5.00 Å². The maximum absolute atomic E-state index is 11.6. The summed E-state index contributed by atoms with van der Waals surface area (Å²) in [6.45, 7) is 0. The zero-order chi connectivity index (χ0) is 10.8. The molecule has 2 aromatic heterocycles. The van der Waals surface area contributed by atoms with Crippen LogP contribution < -0.4 is 5.56 Å². The molecule has 0 saturated carbocycles. The van der Waals surface area contributed by atoms with Gasteiger partial charge in [0.1, 0.15) is 5.00 Å². The summed E-state index contributed by atoms with van der Waals surface area (Å²) in [6.07, 6.45) is 0. The van der Waals surface area contributed by atoms with Crippen molar-refractivity contribution in [2.75, 3.05) is 7.11 Å². The second-order valence-corrected chi connectivity index (χ2v) is 3.57. The summed E-state index contributed by atoms with van der Waals surface area (Å²) < 4.78 is 5.61. The Kier molecular flexibility index (Phi) is 2.38. The van der Waals surface area contributed by atoms with Crippen LogP contribution in [0.2, 0.25) is 0 Å². The molecule has 15 heavy (non-hydrogen) atoms. The zero-order valence-electron chi connectivity index (χ0n) is 7.76. The van der Waals surface area contributed by atoms with Gasteiger partial charge >= 0.3 is 11.5 Å². The number of aromatic amines is 1. The summed E-state index contributed by atoms with van der Waals surface area (Å²) in [7, 11) is 1.20. The Morgan fingerprint density at radius 2 is 2.47 bits per heavy atom. The van der Waals surface area contributed by atoms with Crippen LogP contribution in [0.25, 0.3) is 5.00 Å². The summed E-state index contributed by atoms with van der Waals surface area (Å²) in [4.78, 5) is 22.7. The third-order valence-corrected chi connectivity index (χ3v) is 2.63. The van der Waals surface area contributed by atoms with Crippen LogP contribution in [0.1, 0.15) is 10.5 Å². The van der Waals surface area contributed by atoms with Crippen molar-refractivity contribution >= 4 is 17.3 Å². The number of carbonyl (C=O) groups excluding carboxylic acids is 1. The first-order valence-corrected chi connectivity index (χ1v) is 4.91. The van der Waals surface area contributed by atoms with Gasteiger partial charge in [0.25, 0.3) is 0 Å². The van der Waals surface area contributed by atoms with Crippen molar-refractivity contribution < 1.29 is 9.53 Å². The Labute approximate surface area is 88.1 Å². The SMILES string of the molecule is COC(=O)c1n[nH]n(-c2cccs2)c1=O. The van der Waals surface area contributed by atoms with Gasteiger partial charge in [-0.15, -0.1) is 16.4 Å². The molecule has 0 aliphatic heterocycles. The first kappa shape index (κ1) is 9.66. The van der Waals surface area contributed by atoms with E-state index in [0.717, 1.165) is 0 Å². The van der Waals surface area contributed by atoms with E-state index < -0.39 is 11.5 Å². The fourth-order valence-electron chi connectivity index (χ4n) is 1.08. The normalized spacial score (nSPS) is 10.2. The van der Waals surface area contributed by atoms with E-state index >= 15 is 0 Å². The Hall–Kier alpha value is -1.89. The largest absolute Gasteiger partial charge is 0.464 e. The topological polar surface area (TPSA) is 77.0 Å². The number of hydrogen-bond donors (Lipinski definition) is 1. The molecule has 2 heterocycles. The lowest BCUT2D eigenvalue weighted by Crippen LogP contribution is -2.20. The number of carbonyl (C=O) groups is 1. The molecular formula is C8H7N3O3S. The van der Waals surface area contributed by atoms with Gasteiger partial charge in [0.05, 0.1) is 7.11 Å². The van der Waals surface area contributed by atoms with Gasteiger partial charge in [0.2, 0.25) is 5.69 Å². The number of rotatable bonds is 2. The van der Waals surface area contributed by atoms with E-state index in [2.05, 4.69) is 15.0 Å². The molecule has 0 amide bonds. The Bertz CT molecular complexity index is 526. The fraction of sp³-hybridized carbons (Fsp3) is 0.125. The van der Waals surface area contributed by atoms with Crippen LogP contribution in [0.4, 0.5) is 0 Å². The van der Waals surface area contributed by atoms with Crippen molar-refractivity contribution in [1.29, 1.82) is 0 Å². The summed E-state index contributed by atoms with van der Waals surface area (Å²) >= 11 is 1.36. The number of H-pyrrole nitrogens is 1. The quantitative estimate of drug-likeness (QED) is 0.751. The van der Waals surface area contributed by atoms with Crippen LogP contribution in [-0.4, -0.2) is 28.1 Å². The minimum Gasteiger partial charge on any atom is -0.464 e. The maximum Gasteiger partial charge on any atom is 0.364 e. The summed E-state index contributed by atoms with van der Waals surface area (Å²) in [6, 6.07) is 3.54. The summed E-state index contributed by atoms with van der Waals surface area (Å²) in [5.41, 5.74) is -0.754. The highest BCUT2D eigenvalue weighted by atomic mass is 32.1. The van der Waals surface area contributed by atoms with Gasteiger partial charge in [-0.3, -0.25) is 4.79 Å². The monoisotopic (exact) mass is 225 g/mol. The Morgan fingerprint density at radius 1 is 1.67 bits per heavy atom. The molecule has 0 saturated heterocycles. The molecule has 78 valence electrons. The van der Waals surface area contributed by atoms with Crippen molar-refractivity contribution in [1.82, 2.24) is 15.0 Å². The molecule has 0 aliphatic carbocycles. The van der Waals surface area contributed by atoms with Gasteiger partial charge in [-0.2, -0.15) is 4.68 Å². The molecule has 0 aliphatic rings. The number of aromatic nitrogens is 3. The van der Waals surface area contributed by atoms with E-state index in [1.54, 1.807) is 12.1 Å². The fourth-order valence-corrected chi connectivity index (χ4v) is 1.76. The standard InChI is InChI=1S/C8H7N3O3S/c1-14-8(13)6-7(12)11(10-9-6)5-3-2-4-15-5/h2-4,10H,1H3. The molecule has 0 bridgehead atoms. The van der Waals surface area contributed by atoms with E-state index in [9.17, 15) is 9.59 Å². The van der Waals surface area contributed by atoms with Crippen LogP contribution in [0.5, 0.6) is 0 Å². The number of nitrogens with one attached hydrogen (secondary N) is 1. The molecule has 1 N–H and O–H groups in total. The van der Waals surface area contributed by atoms with Crippen molar-refractivity contribution in [2.24, 2.45) is 0 Å². The molecule has 0 unspecified atom stereocenters. The third kappa shape index (κ3) is 1.57. The number of esters is 1. The minimum absolute atomic E-state index is 0.245. The van der Waals surface area contributed by atoms with E-state index in [1.165, 1.54) is 23.1 Å². The molecule has 0 aromatic carbocycles. The van der Waals surface area contributed by atoms with E-state index in [1.807, 2.05) is 5.38 Å². The van der Waals surface area contributed by atoms with Crippen LogP contribution in [0.3, 0.4) is 0 Å². The highest BCUT2D eigenvalue weighted by Crippen LogP contribution is 2.10. The van der Waals surface area contributed by atoms with Gasteiger partial charge in [-0.05, 0) is 17.5 Å². The molecule has 2 aromatic rings. The van der Waals surface area contributed by atoms with Gasteiger partial charge < -0.3 is 4.74 Å². The molecule has 7 heteroatoms. The molecule has 0 atom stereocenters. The Morgan fingerprint density at radius 3 is 3.07 bits per heavy atom. The average Bonchev–Trinajstić information content (AvgIpc) is 2.85. The molecule has 0 spiro atoms. The van der Waals surface area contributed by atoms with Crippen molar-refractivity contribution in [3.63, 3.8) is 0 Å². The summed E-state index contributed by atoms with van der Waals surface area (Å²) in [5, 5.41) is 8.54. The summed E-state index contributed by atoms with van der Waals surface area (Å²) in [5.74, 6) is -0.744. The maximum atomic E-state index is 11.6. The first-order chi connectivity index (χ1) is 7.24. The molecule has 2 rings (SSSR count). The number of nitrogens with zero attached hydrogens (tertiary/aromatic N) is 2. The van der Waals surface area contributed by atoms with Gasteiger partial charge in [0.15, 0.2) is 0 Å². The van der Waals surface area contributed by atoms with Crippen LogP contribution in [0, 0.1) is 0 Å². The second kappa shape index (κ2) is 3.70. The highest BCUT2D eigenvalue weighted by Gasteiger charge is 2.17. The van der Waals surface area contributed by atoms with Crippen LogP contribution in [-0.2, 0) is 4.74 Å². The smallest absolute Gasteiger partial charge is 0.364 e. The molecule has 6 nitrogen and oxygen atoms in total. The third-order valence-electron chi connectivity index (χ3n) is 1.77.